The highest BCUT2D eigenvalue weighted by Crippen LogP contribution is 2.36. The zero-order valence-corrected chi connectivity index (χ0v) is 40.3. The van der Waals surface area contributed by atoms with Crippen molar-refractivity contribution in [2.75, 3.05) is 56.3 Å². The predicted octanol–water partition coefficient (Wildman–Crippen LogP) is 4.80. The van der Waals surface area contributed by atoms with Gasteiger partial charge in [0.25, 0.3) is 0 Å². The molecule has 1 saturated heterocycles. The number of hydrogen-bond donors (Lipinski definition) is 7. The molecule has 0 aliphatic carbocycles. The second-order valence-electron chi connectivity index (χ2n) is 18.0. The first-order valence-electron chi connectivity index (χ1n) is 22.8. The van der Waals surface area contributed by atoms with Gasteiger partial charge in [-0.15, -0.1) is 11.3 Å². The highest BCUT2D eigenvalue weighted by Gasteiger charge is 2.44. The van der Waals surface area contributed by atoms with Crippen molar-refractivity contribution in [1.82, 2.24) is 35.8 Å². The van der Waals surface area contributed by atoms with Gasteiger partial charge in [0.05, 0.1) is 66.2 Å². The molecule has 1 aliphatic rings. The maximum absolute atomic E-state index is 15.3. The van der Waals surface area contributed by atoms with Gasteiger partial charge < -0.3 is 52.2 Å². The van der Waals surface area contributed by atoms with E-state index in [0.717, 1.165) is 21.7 Å². The Morgan fingerprint density at radius 1 is 0.899 bits per heavy atom. The Morgan fingerprint density at radius 3 is 2.33 bits per heavy atom. The van der Waals surface area contributed by atoms with E-state index in [9.17, 15) is 29.1 Å². The van der Waals surface area contributed by atoms with Gasteiger partial charge in [0, 0.05) is 74.2 Å². The molecule has 0 unspecified atom stereocenters. The second-order valence-corrected chi connectivity index (χ2v) is 18.9. The lowest BCUT2D eigenvalue weighted by atomic mass is 9.85. The zero-order chi connectivity index (χ0) is 49.8. The van der Waals surface area contributed by atoms with Gasteiger partial charge in [-0.2, -0.15) is 0 Å². The lowest BCUT2D eigenvalue weighted by Gasteiger charge is -2.35. The van der Waals surface area contributed by atoms with Gasteiger partial charge in [0.2, 0.25) is 29.5 Å². The Kier molecular flexibility index (Phi) is 17.7. The Morgan fingerprint density at radius 2 is 1.62 bits per heavy atom. The quantitative estimate of drug-likeness (QED) is 0.0386. The number of nitrogens with one attached hydrogen (secondary N) is 4. The summed E-state index contributed by atoms with van der Waals surface area (Å²) in [5, 5.41) is 22.7. The molecule has 3 atom stereocenters. The van der Waals surface area contributed by atoms with Crippen molar-refractivity contribution in [2.45, 2.75) is 91.5 Å². The Hall–Kier alpha value is -6.61. The number of benzene rings is 2. The van der Waals surface area contributed by atoms with E-state index in [4.69, 9.17) is 20.9 Å². The standard InChI is InChI=1S/C49H61FN10O8S/c1-28-35(23-53-25-37(28)51)34-19-32-20-39(55-24-36(32)44(52)43(34)50)58-41(63)8-6-7-40(62)54-14-16-68-18-17-67-15-13-42(64)59-46(49(3,4)5)48(66)60-26-33(61)21-38(60)47(65)56-22-30-9-11-31(12-10-30)45-29(2)57-27-69-45/h9-12,19-20,23-25,27,33,38,46,61H,6-8,13-18,21-22,26,51-52H2,1-5H3,(H,54,62)(H,56,65)(H,59,64)(H,55,58,63)/t33-,38+,46-/m1/s1. The highest BCUT2D eigenvalue weighted by molar-refractivity contribution is 7.13. The molecule has 0 saturated carbocycles. The summed E-state index contributed by atoms with van der Waals surface area (Å²) in [5.74, 6) is -2.22. The van der Waals surface area contributed by atoms with Gasteiger partial charge in [-0.3, -0.25) is 29.0 Å². The third-order valence-corrected chi connectivity index (χ3v) is 12.7. The van der Waals surface area contributed by atoms with Crippen molar-refractivity contribution in [3.8, 4) is 21.6 Å². The summed E-state index contributed by atoms with van der Waals surface area (Å²) in [6, 6.07) is 9.15. The number of halogens is 1. The van der Waals surface area contributed by atoms with Crippen LogP contribution in [0.2, 0.25) is 0 Å². The number of aliphatic hydroxyl groups is 1. The number of amides is 5. The summed E-state index contributed by atoms with van der Waals surface area (Å²) >= 11 is 1.56. The summed E-state index contributed by atoms with van der Waals surface area (Å²) in [6.45, 7) is 10.3. The van der Waals surface area contributed by atoms with Crippen LogP contribution in [0.25, 0.3) is 32.3 Å². The Bertz CT molecular complexity index is 2640. The summed E-state index contributed by atoms with van der Waals surface area (Å²) < 4.78 is 26.4. The van der Waals surface area contributed by atoms with Crippen LogP contribution in [0.3, 0.4) is 0 Å². The van der Waals surface area contributed by atoms with E-state index in [0.29, 0.717) is 27.6 Å². The normalized spacial score (nSPS) is 15.2. The number of nitrogen functional groups attached to an aromatic ring is 2. The van der Waals surface area contributed by atoms with Gasteiger partial charge in [-0.25, -0.2) is 14.4 Å². The number of β-amino-alcohol motifs (C(OH)–C–C–N with tert-alkyl or cyclic N) is 1. The SMILES string of the molecule is Cc1ncsc1-c1ccc(CNC(=O)[C@@H]2C[C@@H](O)CN2C(=O)[C@@H](NC(=O)CCOCCOCCNC(=O)CCCC(=O)Nc2cc3cc(-c4cncc(N)c4C)c(F)c(N)c3cn2)C(C)(C)C)cc1. The number of thiazole rings is 1. The van der Waals surface area contributed by atoms with Crippen LogP contribution in [-0.4, -0.2) is 112 Å². The number of aryl methyl sites for hydroxylation is 1. The molecule has 5 amide bonds. The summed E-state index contributed by atoms with van der Waals surface area (Å²) in [6.07, 6.45) is 4.02. The van der Waals surface area contributed by atoms with Crippen LogP contribution in [-0.2, 0) is 40.0 Å². The number of nitrogens with two attached hydrogens (primary N) is 2. The van der Waals surface area contributed by atoms with Crippen LogP contribution in [0.4, 0.5) is 21.6 Å². The minimum Gasteiger partial charge on any atom is -0.397 e. The van der Waals surface area contributed by atoms with E-state index in [1.165, 1.54) is 23.5 Å². The molecule has 20 heteroatoms. The highest BCUT2D eigenvalue weighted by atomic mass is 32.1. The molecule has 368 valence electrons. The fourth-order valence-electron chi connectivity index (χ4n) is 7.84. The van der Waals surface area contributed by atoms with Crippen LogP contribution in [0.15, 0.2) is 60.5 Å². The van der Waals surface area contributed by atoms with Crippen LogP contribution in [0, 0.1) is 25.1 Å². The van der Waals surface area contributed by atoms with Crippen molar-refractivity contribution < 1.29 is 42.9 Å². The molecule has 6 rings (SSSR count). The molecule has 9 N–H and O–H groups in total. The average Bonchev–Trinajstić information content (AvgIpc) is 3.93. The minimum absolute atomic E-state index is 0.0271. The summed E-state index contributed by atoms with van der Waals surface area (Å²) in [4.78, 5) is 80.5. The number of nitrogens with zero attached hydrogens (tertiary/aromatic N) is 4. The predicted molar refractivity (Wildman–Crippen MR) is 262 cm³/mol. The third kappa shape index (κ3) is 13.8. The van der Waals surface area contributed by atoms with Crippen LogP contribution in [0.1, 0.15) is 69.7 Å². The molecule has 0 spiro atoms. The van der Waals surface area contributed by atoms with Crippen LogP contribution < -0.4 is 32.7 Å². The molecule has 18 nitrogen and oxygen atoms in total. The lowest BCUT2D eigenvalue weighted by molar-refractivity contribution is -0.144. The fraction of sp³-hybridized carbons (Fsp3) is 0.429. The van der Waals surface area contributed by atoms with Crippen molar-refractivity contribution in [3.63, 3.8) is 0 Å². The molecule has 3 aromatic heterocycles. The van der Waals surface area contributed by atoms with Gasteiger partial charge in [0.15, 0.2) is 5.82 Å². The van der Waals surface area contributed by atoms with Gasteiger partial charge in [0.1, 0.15) is 17.9 Å². The molecule has 0 radical (unpaired) electrons. The second kappa shape index (κ2) is 23.6. The molecule has 0 bridgehead atoms. The van der Waals surface area contributed by atoms with E-state index >= 15 is 4.39 Å². The first kappa shape index (κ1) is 51.8. The number of pyridine rings is 2. The van der Waals surface area contributed by atoms with Crippen molar-refractivity contribution in [3.05, 3.63) is 83.1 Å². The Balaban J connectivity index is 0.839. The summed E-state index contributed by atoms with van der Waals surface area (Å²) in [5.41, 5.74) is 17.8. The van der Waals surface area contributed by atoms with Crippen molar-refractivity contribution in [2.24, 2.45) is 5.41 Å². The largest absolute Gasteiger partial charge is 0.397 e. The molecule has 4 heterocycles. The van der Waals surface area contributed by atoms with Crippen molar-refractivity contribution >= 4 is 68.8 Å². The number of fused-ring (bicyclic) bond motifs is 1. The molecule has 1 fully saturated rings. The maximum atomic E-state index is 15.3. The van der Waals surface area contributed by atoms with Gasteiger partial charge in [-0.05, 0) is 59.9 Å². The average molecular weight is 969 g/mol. The van der Waals surface area contributed by atoms with Gasteiger partial charge >= 0.3 is 0 Å². The number of hydrogen-bond acceptors (Lipinski definition) is 14. The first-order valence-corrected chi connectivity index (χ1v) is 23.6. The number of likely N-dealkylation sites (tertiary alicyclic amines) is 1. The van der Waals surface area contributed by atoms with E-state index < -0.39 is 41.2 Å². The molecule has 69 heavy (non-hydrogen) atoms. The Labute approximate surface area is 404 Å². The fourth-order valence-corrected chi connectivity index (χ4v) is 8.65. The van der Waals surface area contributed by atoms with E-state index in [-0.39, 0.29) is 113 Å². The minimum atomic E-state index is -0.967. The topological polar surface area (TPSA) is 266 Å². The zero-order valence-electron chi connectivity index (χ0n) is 39.5. The smallest absolute Gasteiger partial charge is 0.246 e. The molecule has 5 aromatic rings. The summed E-state index contributed by atoms with van der Waals surface area (Å²) in [7, 11) is 0. The number of rotatable bonds is 21. The van der Waals surface area contributed by atoms with Crippen LogP contribution >= 0.6 is 11.3 Å². The monoisotopic (exact) mass is 968 g/mol. The van der Waals surface area contributed by atoms with E-state index in [1.54, 1.807) is 35.9 Å². The third-order valence-electron chi connectivity index (χ3n) is 11.7. The number of aromatic nitrogens is 3. The lowest BCUT2D eigenvalue weighted by Crippen LogP contribution is -2.57. The maximum Gasteiger partial charge on any atom is 0.246 e. The van der Waals surface area contributed by atoms with Crippen LogP contribution in [0.5, 0.6) is 0 Å². The number of carbonyl (C=O) groups is 5. The van der Waals surface area contributed by atoms with E-state index in [1.807, 2.05) is 52.0 Å². The number of anilines is 3. The molecule has 1 aliphatic heterocycles. The first-order chi connectivity index (χ1) is 32.9. The van der Waals surface area contributed by atoms with Crippen molar-refractivity contribution in [1.29, 1.82) is 0 Å². The van der Waals surface area contributed by atoms with E-state index in [2.05, 4.69) is 36.2 Å². The molecule has 2 aromatic carbocycles. The number of aliphatic hydroxyl groups excluding tert-OH is 1. The number of carbonyl (C=O) groups excluding carboxylic acids is 5. The molecular weight excluding hydrogens is 908 g/mol. The molecular formula is C49H61FN10O8S. The number of ether oxygens (including phenoxy) is 2. The van der Waals surface area contributed by atoms with Gasteiger partial charge in [-0.1, -0.05) is 45.0 Å².